The van der Waals surface area contributed by atoms with E-state index in [0.717, 1.165) is 28.3 Å². The maximum Gasteiger partial charge on any atom is 0.271 e. The minimum Gasteiger partial charge on any atom is -0.497 e. The van der Waals surface area contributed by atoms with Crippen LogP contribution in [0.2, 0.25) is 5.15 Å². The Balaban J connectivity index is 1.47. The highest BCUT2D eigenvalue weighted by Gasteiger charge is 2.35. The van der Waals surface area contributed by atoms with E-state index in [1.54, 1.807) is 30.3 Å². The number of benzene rings is 3. The van der Waals surface area contributed by atoms with Crippen molar-refractivity contribution in [3.8, 4) is 22.7 Å². The van der Waals surface area contributed by atoms with E-state index in [-0.39, 0.29) is 11.1 Å². The molecule has 1 saturated heterocycles. The number of rotatable bonds is 6. The van der Waals surface area contributed by atoms with Gasteiger partial charge in [0.15, 0.2) is 10.3 Å². The third kappa shape index (κ3) is 5.14. The second-order valence-electron chi connectivity index (χ2n) is 8.74. The van der Waals surface area contributed by atoms with Crippen LogP contribution in [-0.4, -0.2) is 32.9 Å². The Morgan fingerprint density at radius 2 is 1.60 bits per heavy atom. The number of amides is 1. The number of hydrogen-bond donors (Lipinski definition) is 0. The monoisotopic (exact) mass is 563 g/mol. The summed E-state index contributed by atoms with van der Waals surface area (Å²) in [4.78, 5) is 24.8. The predicted molar refractivity (Wildman–Crippen MR) is 161 cm³/mol. The minimum atomic E-state index is -0.192. The molecule has 1 aliphatic rings. The molecule has 0 bridgehead atoms. The van der Waals surface area contributed by atoms with Crippen LogP contribution < -0.4 is 9.64 Å². The summed E-state index contributed by atoms with van der Waals surface area (Å²) in [5.74, 6) is 0.559. The molecule has 196 valence electrons. The topological polar surface area (TPSA) is 72.6 Å². The molecule has 5 aromatic rings. The lowest BCUT2D eigenvalue weighted by molar-refractivity contribution is -0.113. The van der Waals surface area contributed by atoms with Crippen molar-refractivity contribution in [2.45, 2.75) is 0 Å². The maximum absolute atomic E-state index is 13.9. The van der Waals surface area contributed by atoms with Gasteiger partial charge in [0, 0.05) is 23.5 Å². The smallest absolute Gasteiger partial charge is 0.271 e. The summed E-state index contributed by atoms with van der Waals surface area (Å²) < 4.78 is 7.15. The number of methoxy groups -OCH3 is 1. The highest BCUT2D eigenvalue weighted by atomic mass is 35.5. The third-order valence-electron chi connectivity index (χ3n) is 6.19. The van der Waals surface area contributed by atoms with Gasteiger partial charge in [0.2, 0.25) is 0 Å². The van der Waals surface area contributed by atoms with E-state index in [0.29, 0.717) is 21.4 Å². The van der Waals surface area contributed by atoms with Crippen molar-refractivity contribution in [1.82, 2.24) is 14.8 Å². The fourth-order valence-electron chi connectivity index (χ4n) is 4.24. The summed E-state index contributed by atoms with van der Waals surface area (Å²) in [6.45, 7) is 0. The number of pyridine rings is 1. The van der Waals surface area contributed by atoms with E-state index in [4.69, 9.17) is 26.4 Å². The van der Waals surface area contributed by atoms with Crippen molar-refractivity contribution in [3.05, 3.63) is 125 Å². The molecule has 1 aliphatic heterocycles. The molecule has 0 N–H and O–H groups in total. The Bertz CT molecular complexity index is 1740. The van der Waals surface area contributed by atoms with Crippen LogP contribution in [0, 0.1) is 0 Å². The zero-order valence-electron chi connectivity index (χ0n) is 21.3. The number of carbonyl (C=O) groups is 1. The van der Waals surface area contributed by atoms with Gasteiger partial charge in [-0.25, -0.2) is 14.7 Å². The number of para-hydroxylation sites is 2. The SMILES string of the molecule is COc1ccc(-c2nn(-c3ccccc3)cc2/C=C2\SC(=Nc3cccnc3Cl)N(c3ccccc3)C2=O)cc1. The molecule has 40 heavy (non-hydrogen) atoms. The molecule has 6 rings (SSSR count). The van der Waals surface area contributed by atoms with Crippen LogP contribution in [0.3, 0.4) is 0 Å². The van der Waals surface area contributed by atoms with Gasteiger partial charge in [-0.2, -0.15) is 5.10 Å². The van der Waals surface area contributed by atoms with Crippen LogP contribution in [0.25, 0.3) is 23.0 Å². The molecular formula is C31H22ClN5O2S. The molecule has 1 amide bonds. The average Bonchev–Trinajstić information content (AvgIpc) is 3.56. The number of thioether (sulfide) groups is 1. The number of amidine groups is 1. The first-order chi connectivity index (χ1) is 19.6. The summed E-state index contributed by atoms with van der Waals surface area (Å²) in [5.41, 5.74) is 4.52. The zero-order chi connectivity index (χ0) is 27.5. The number of anilines is 1. The molecule has 0 aliphatic carbocycles. The van der Waals surface area contributed by atoms with Crippen molar-refractivity contribution in [2.24, 2.45) is 4.99 Å². The average molecular weight is 564 g/mol. The lowest BCUT2D eigenvalue weighted by atomic mass is 10.1. The van der Waals surface area contributed by atoms with Gasteiger partial charge in [-0.1, -0.05) is 48.0 Å². The largest absolute Gasteiger partial charge is 0.497 e. The molecule has 7 nitrogen and oxygen atoms in total. The summed E-state index contributed by atoms with van der Waals surface area (Å²) >= 11 is 7.58. The van der Waals surface area contributed by atoms with Crippen LogP contribution in [0.15, 0.2) is 119 Å². The Morgan fingerprint density at radius 1 is 0.900 bits per heavy atom. The van der Waals surface area contributed by atoms with Crippen molar-refractivity contribution in [1.29, 1.82) is 0 Å². The molecule has 0 atom stereocenters. The number of halogens is 1. The van der Waals surface area contributed by atoms with Crippen LogP contribution >= 0.6 is 23.4 Å². The lowest BCUT2D eigenvalue weighted by Crippen LogP contribution is -2.28. The van der Waals surface area contributed by atoms with E-state index < -0.39 is 0 Å². The Kier molecular flexibility index (Phi) is 7.18. The molecule has 0 saturated carbocycles. The number of nitrogens with zero attached hydrogens (tertiary/aromatic N) is 5. The predicted octanol–water partition coefficient (Wildman–Crippen LogP) is 7.40. The first-order valence-corrected chi connectivity index (χ1v) is 13.6. The Morgan fingerprint density at radius 3 is 2.27 bits per heavy atom. The fraction of sp³-hybridized carbons (Fsp3) is 0.0323. The molecule has 0 unspecified atom stereocenters. The highest BCUT2D eigenvalue weighted by Crippen LogP contribution is 2.39. The van der Waals surface area contributed by atoms with Gasteiger partial charge in [-0.3, -0.25) is 9.69 Å². The van der Waals surface area contributed by atoms with Gasteiger partial charge in [0.1, 0.15) is 11.4 Å². The third-order valence-corrected chi connectivity index (χ3v) is 7.45. The fourth-order valence-corrected chi connectivity index (χ4v) is 5.38. The van der Waals surface area contributed by atoms with Crippen molar-refractivity contribution in [3.63, 3.8) is 0 Å². The van der Waals surface area contributed by atoms with E-state index in [1.165, 1.54) is 11.8 Å². The molecule has 3 heterocycles. The van der Waals surface area contributed by atoms with E-state index in [9.17, 15) is 4.79 Å². The van der Waals surface area contributed by atoms with Crippen molar-refractivity contribution >= 4 is 51.9 Å². The summed E-state index contributed by atoms with van der Waals surface area (Å²) in [5, 5.41) is 5.64. The molecule has 3 aromatic carbocycles. The Labute approximate surface area is 240 Å². The minimum absolute atomic E-state index is 0.192. The normalized spacial score (nSPS) is 15.2. The van der Waals surface area contributed by atoms with Crippen LogP contribution in [0.5, 0.6) is 5.75 Å². The number of carbonyl (C=O) groups excluding carboxylic acids is 1. The van der Waals surface area contributed by atoms with Crippen LogP contribution in [0.4, 0.5) is 11.4 Å². The van der Waals surface area contributed by atoms with E-state index >= 15 is 0 Å². The molecule has 0 radical (unpaired) electrons. The van der Waals surface area contributed by atoms with Crippen LogP contribution in [0.1, 0.15) is 5.56 Å². The second-order valence-corrected chi connectivity index (χ2v) is 10.1. The van der Waals surface area contributed by atoms with Crippen molar-refractivity contribution in [2.75, 3.05) is 12.0 Å². The summed E-state index contributed by atoms with van der Waals surface area (Å²) in [6.07, 6.45) is 5.39. The molecule has 9 heteroatoms. The first kappa shape index (κ1) is 25.6. The second kappa shape index (κ2) is 11.2. The van der Waals surface area contributed by atoms with Gasteiger partial charge in [-0.15, -0.1) is 0 Å². The standard InChI is InChI=1S/C31H22ClN5O2S/c1-39-25-16-14-21(15-17-25)28-22(20-36(35-28)23-9-4-2-5-10-23)19-27-30(38)37(24-11-6-3-7-12-24)31(40-27)34-26-13-8-18-33-29(26)32/h2-20H,1H3/b27-19-,34-31?. The molecule has 1 fully saturated rings. The van der Waals surface area contributed by atoms with Gasteiger partial charge in [0.25, 0.3) is 5.91 Å². The molecule has 2 aromatic heterocycles. The Hall–Kier alpha value is -4.66. The quantitative estimate of drug-likeness (QED) is 0.159. The number of aliphatic imine (C=N–C) groups is 1. The summed E-state index contributed by atoms with van der Waals surface area (Å²) in [7, 11) is 1.63. The number of aromatic nitrogens is 3. The lowest BCUT2D eigenvalue weighted by Gasteiger charge is -2.15. The van der Waals surface area contributed by atoms with E-state index in [2.05, 4.69) is 4.98 Å². The number of hydrogen-bond acceptors (Lipinski definition) is 6. The molecular weight excluding hydrogens is 542 g/mol. The highest BCUT2D eigenvalue weighted by molar-refractivity contribution is 8.19. The maximum atomic E-state index is 13.9. The molecule has 0 spiro atoms. The first-order valence-electron chi connectivity index (χ1n) is 12.4. The van der Waals surface area contributed by atoms with Gasteiger partial charge in [-0.05, 0) is 78.5 Å². The van der Waals surface area contributed by atoms with Crippen molar-refractivity contribution < 1.29 is 9.53 Å². The van der Waals surface area contributed by atoms with Gasteiger partial charge in [0.05, 0.1) is 29.1 Å². The van der Waals surface area contributed by atoms with Gasteiger partial charge < -0.3 is 4.74 Å². The van der Waals surface area contributed by atoms with Crippen LogP contribution in [-0.2, 0) is 4.79 Å². The number of ether oxygens (including phenoxy) is 1. The summed E-state index contributed by atoms with van der Waals surface area (Å²) in [6, 6.07) is 30.5. The zero-order valence-corrected chi connectivity index (χ0v) is 22.9. The van der Waals surface area contributed by atoms with E-state index in [1.807, 2.05) is 102 Å². The van der Waals surface area contributed by atoms with Gasteiger partial charge >= 0.3 is 0 Å².